The molecule has 98 valence electrons. The Bertz CT molecular complexity index is 805. The van der Waals surface area contributed by atoms with Crippen LogP contribution in [0.5, 0.6) is 0 Å². The molecule has 0 radical (unpaired) electrons. The number of fused-ring (bicyclic) bond motifs is 1. The second-order valence-corrected chi connectivity index (χ2v) is 5.25. The van der Waals surface area contributed by atoms with Gasteiger partial charge in [-0.2, -0.15) is 0 Å². The summed E-state index contributed by atoms with van der Waals surface area (Å²) in [5.41, 5.74) is 2.36. The van der Waals surface area contributed by atoms with E-state index in [9.17, 15) is 4.79 Å². The number of aryl methyl sites for hydroxylation is 1. The molecule has 0 aliphatic rings. The number of carbonyl (C=O) groups is 1. The standard InChI is InChI=1S/C18H13ClO/c1-12-9-10-13-5-2-3-8-16(13)17(12)18(20)14-6-4-7-15(19)11-14/h2-11H,1H3. The van der Waals surface area contributed by atoms with E-state index in [4.69, 9.17) is 11.6 Å². The van der Waals surface area contributed by atoms with Crippen LogP contribution in [0.15, 0.2) is 60.7 Å². The van der Waals surface area contributed by atoms with Crippen LogP contribution in [0.2, 0.25) is 5.02 Å². The van der Waals surface area contributed by atoms with Crippen LogP contribution in [0, 0.1) is 6.92 Å². The van der Waals surface area contributed by atoms with Crippen LogP contribution in [0.4, 0.5) is 0 Å². The summed E-state index contributed by atoms with van der Waals surface area (Å²) in [7, 11) is 0. The highest BCUT2D eigenvalue weighted by Crippen LogP contribution is 2.25. The first-order chi connectivity index (χ1) is 9.66. The van der Waals surface area contributed by atoms with Gasteiger partial charge in [0.05, 0.1) is 0 Å². The summed E-state index contributed by atoms with van der Waals surface area (Å²) in [4.78, 5) is 12.8. The topological polar surface area (TPSA) is 17.1 Å². The maximum atomic E-state index is 12.8. The maximum Gasteiger partial charge on any atom is 0.193 e. The second kappa shape index (κ2) is 5.10. The Kier molecular flexibility index (Phi) is 3.29. The van der Waals surface area contributed by atoms with Crippen molar-refractivity contribution in [2.24, 2.45) is 0 Å². The van der Waals surface area contributed by atoms with Gasteiger partial charge in [-0.15, -0.1) is 0 Å². The van der Waals surface area contributed by atoms with Gasteiger partial charge in [-0.25, -0.2) is 0 Å². The Labute approximate surface area is 122 Å². The van der Waals surface area contributed by atoms with Crippen molar-refractivity contribution in [1.82, 2.24) is 0 Å². The zero-order valence-electron chi connectivity index (χ0n) is 11.1. The highest BCUT2D eigenvalue weighted by Gasteiger charge is 2.15. The van der Waals surface area contributed by atoms with Crippen molar-refractivity contribution in [2.45, 2.75) is 6.92 Å². The number of ketones is 1. The van der Waals surface area contributed by atoms with Crippen LogP contribution < -0.4 is 0 Å². The van der Waals surface area contributed by atoms with Gasteiger partial charge in [-0.05, 0) is 35.4 Å². The molecule has 2 heteroatoms. The Morgan fingerprint density at radius 2 is 1.75 bits per heavy atom. The third-order valence-electron chi connectivity index (χ3n) is 3.45. The largest absolute Gasteiger partial charge is 0.289 e. The fourth-order valence-electron chi connectivity index (χ4n) is 2.46. The van der Waals surface area contributed by atoms with Crippen LogP contribution in [0.25, 0.3) is 10.8 Å². The van der Waals surface area contributed by atoms with Crippen LogP contribution in [0.1, 0.15) is 21.5 Å². The molecule has 0 spiro atoms. The summed E-state index contributed by atoms with van der Waals surface area (Å²) in [6.07, 6.45) is 0. The zero-order valence-corrected chi connectivity index (χ0v) is 11.8. The lowest BCUT2D eigenvalue weighted by Crippen LogP contribution is -2.04. The van der Waals surface area contributed by atoms with Gasteiger partial charge >= 0.3 is 0 Å². The molecule has 0 bridgehead atoms. The Hall–Kier alpha value is -2.12. The number of hydrogen-bond acceptors (Lipinski definition) is 1. The molecule has 20 heavy (non-hydrogen) atoms. The fraction of sp³-hybridized carbons (Fsp3) is 0.0556. The lowest BCUT2D eigenvalue weighted by molar-refractivity contribution is 0.104. The van der Waals surface area contributed by atoms with Gasteiger partial charge in [0.1, 0.15) is 0 Å². The van der Waals surface area contributed by atoms with E-state index < -0.39 is 0 Å². The van der Waals surface area contributed by atoms with E-state index in [2.05, 4.69) is 0 Å². The van der Waals surface area contributed by atoms with Gasteiger partial charge in [-0.3, -0.25) is 4.79 Å². The van der Waals surface area contributed by atoms with Gasteiger partial charge in [0.2, 0.25) is 0 Å². The number of hydrogen-bond donors (Lipinski definition) is 0. The first-order valence-electron chi connectivity index (χ1n) is 6.45. The molecule has 0 atom stereocenters. The predicted octanol–water partition coefficient (Wildman–Crippen LogP) is 5.03. The van der Waals surface area contributed by atoms with E-state index >= 15 is 0 Å². The summed E-state index contributed by atoms with van der Waals surface area (Å²) >= 11 is 5.98. The first-order valence-corrected chi connectivity index (χ1v) is 6.83. The van der Waals surface area contributed by atoms with E-state index in [-0.39, 0.29) is 5.78 Å². The molecule has 0 saturated carbocycles. The summed E-state index contributed by atoms with van der Waals surface area (Å²) in [6, 6.07) is 19.1. The van der Waals surface area contributed by atoms with Crippen LogP contribution in [0.3, 0.4) is 0 Å². The molecule has 3 aromatic rings. The highest BCUT2D eigenvalue weighted by molar-refractivity contribution is 6.31. The van der Waals surface area contributed by atoms with Gasteiger partial charge in [0, 0.05) is 16.1 Å². The fourth-order valence-corrected chi connectivity index (χ4v) is 2.65. The maximum absolute atomic E-state index is 12.8. The van der Waals surface area contributed by atoms with Crippen LogP contribution in [-0.4, -0.2) is 5.78 Å². The minimum Gasteiger partial charge on any atom is -0.289 e. The smallest absolute Gasteiger partial charge is 0.193 e. The summed E-state index contributed by atoms with van der Waals surface area (Å²) < 4.78 is 0. The second-order valence-electron chi connectivity index (χ2n) is 4.82. The predicted molar refractivity (Wildman–Crippen MR) is 83.6 cm³/mol. The van der Waals surface area contributed by atoms with E-state index in [0.717, 1.165) is 21.9 Å². The molecule has 1 nitrogen and oxygen atoms in total. The molecule has 0 amide bonds. The van der Waals surface area contributed by atoms with Gasteiger partial charge in [-0.1, -0.05) is 60.1 Å². The number of carbonyl (C=O) groups excluding carboxylic acids is 1. The minimum absolute atomic E-state index is 0.0156. The SMILES string of the molecule is Cc1ccc2ccccc2c1C(=O)c1cccc(Cl)c1. The molecule has 0 unspecified atom stereocenters. The van der Waals surface area contributed by atoms with Crippen LogP contribution in [-0.2, 0) is 0 Å². The normalized spacial score (nSPS) is 10.7. The molecule has 0 fully saturated rings. The Balaban J connectivity index is 2.24. The van der Waals surface area contributed by atoms with Gasteiger partial charge in [0.15, 0.2) is 5.78 Å². The number of halogens is 1. The quantitative estimate of drug-likeness (QED) is 0.602. The van der Waals surface area contributed by atoms with Crippen molar-refractivity contribution in [3.05, 3.63) is 82.4 Å². The summed E-state index contributed by atoms with van der Waals surface area (Å²) in [5.74, 6) is 0.0156. The van der Waals surface area contributed by atoms with Crippen molar-refractivity contribution >= 4 is 28.2 Å². The Morgan fingerprint density at radius 1 is 0.950 bits per heavy atom. The van der Waals surface area contributed by atoms with E-state index in [0.29, 0.717) is 10.6 Å². The lowest BCUT2D eigenvalue weighted by atomic mass is 9.93. The van der Waals surface area contributed by atoms with Crippen molar-refractivity contribution in [2.75, 3.05) is 0 Å². The van der Waals surface area contributed by atoms with Crippen molar-refractivity contribution in [3.8, 4) is 0 Å². The molecule has 0 aliphatic heterocycles. The molecule has 3 rings (SSSR count). The average Bonchev–Trinajstić information content (AvgIpc) is 2.46. The highest BCUT2D eigenvalue weighted by atomic mass is 35.5. The average molecular weight is 281 g/mol. The van der Waals surface area contributed by atoms with E-state index in [1.54, 1.807) is 24.3 Å². The summed E-state index contributed by atoms with van der Waals surface area (Å²) in [6.45, 7) is 1.96. The van der Waals surface area contributed by atoms with Gasteiger partial charge < -0.3 is 0 Å². The molecule has 3 aromatic carbocycles. The zero-order chi connectivity index (χ0) is 14.1. The number of benzene rings is 3. The summed E-state index contributed by atoms with van der Waals surface area (Å²) in [5, 5.41) is 2.63. The van der Waals surface area contributed by atoms with E-state index in [1.807, 2.05) is 43.3 Å². The van der Waals surface area contributed by atoms with Crippen LogP contribution >= 0.6 is 11.6 Å². The molecule has 0 N–H and O–H groups in total. The minimum atomic E-state index is 0.0156. The van der Waals surface area contributed by atoms with Gasteiger partial charge in [0.25, 0.3) is 0 Å². The van der Waals surface area contributed by atoms with Crippen molar-refractivity contribution in [3.63, 3.8) is 0 Å². The molecule has 0 heterocycles. The molecular formula is C18H13ClO. The third-order valence-corrected chi connectivity index (χ3v) is 3.69. The molecular weight excluding hydrogens is 268 g/mol. The lowest BCUT2D eigenvalue weighted by Gasteiger charge is -2.09. The third kappa shape index (κ3) is 2.21. The van der Waals surface area contributed by atoms with Crippen molar-refractivity contribution < 1.29 is 4.79 Å². The first kappa shape index (κ1) is 12.9. The molecule has 0 saturated heterocycles. The molecule has 0 aromatic heterocycles. The monoisotopic (exact) mass is 280 g/mol. The van der Waals surface area contributed by atoms with E-state index in [1.165, 1.54) is 0 Å². The Morgan fingerprint density at radius 3 is 2.55 bits per heavy atom. The number of rotatable bonds is 2. The molecule has 0 aliphatic carbocycles. The van der Waals surface area contributed by atoms with Crippen molar-refractivity contribution in [1.29, 1.82) is 0 Å².